The predicted octanol–water partition coefficient (Wildman–Crippen LogP) is 3.67. The number of carbonyl (C=O) groups excluding carboxylic acids is 1. The molecule has 0 radical (unpaired) electrons. The summed E-state index contributed by atoms with van der Waals surface area (Å²) in [5.41, 5.74) is 1.20. The molecule has 0 fully saturated rings. The lowest BCUT2D eigenvalue weighted by atomic mass is 9.95. The summed E-state index contributed by atoms with van der Waals surface area (Å²) in [4.78, 5) is 11.1. The number of rotatable bonds is 4. The van der Waals surface area contributed by atoms with Crippen LogP contribution in [0.3, 0.4) is 0 Å². The lowest BCUT2D eigenvalue weighted by Gasteiger charge is -2.14. The maximum Gasteiger partial charge on any atom is 0.330 e. The van der Waals surface area contributed by atoms with E-state index in [1.165, 1.54) is 22.4 Å². The average Bonchev–Trinajstić information content (AvgIpc) is 2.43. The highest BCUT2D eigenvalue weighted by atomic mass is 16.5. The molecule has 2 nitrogen and oxygen atoms in total. The SMILES string of the molecule is C=CC(=O)OCC(C)c1cccc2ccccc12. The molecule has 2 aromatic rings. The lowest BCUT2D eigenvalue weighted by molar-refractivity contribution is -0.138. The Kier molecular flexibility index (Phi) is 3.78. The van der Waals surface area contributed by atoms with Crippen LogP contribution in [0.2, 0.25) is 0 Å². The van der Waals surface area contributed by atoms with Crippen molar-refractivity contribution in [3.8, 4) is 0 Å². The summed E-state index contributed by atoms with van der Waals surface area (Å²) in [7, 11) is 0. The number of hydrogen-bond donors (Lipinski definition) is 0. The summed E-state index contributed by atoms with van der Waals surface area (Å²) in [5.74, 6) is -0.206. The van der Waals surface area contributed by atoms with E-state index in [9.17, 15) is 4.79 Å². The van der Waals surface area contributed by atoms with Gasteiger partial charge in [0.05, 0.1) is 6.61 Å². The molecule has 92 valence electrons. The molecule has 0 saturated heterocycles. The predicted molar refractivity (Wildman–Crippen MR) is 73.5 cm³/mol. The summed E-state index contributed by atoms with van der Waals surface area (Å²) in [6, 6.07) is 14.4. The maximum absolute atomic E-state index is 11.1. The van der Waals surface area contributed by atoms with Gasteiger partial charge in [0, 0.05) is 12.0 Å². The molecule has 0 heterocycles. The van der Waals surface area contributed by atoms with Crippen molar-refractivity contribution in [1.29, 1.82) is 0 Å². The summed E-state index contributed by atoms with van der Waals surface area (Å²) in [6.07, 6.45) is 1.19. The fraction of sp³-hybridized carbons (Fsp3) is 0.188. The molecule has 2 heteroatoms. The van der Waals surface area contributed by atoms with Crippen LogP contribution in [0.15, 0.2) is 55.1 Å². The Hall–Kier alpha value is -2.09. The fourth-order valence-corrected chi connectivity index (χ4v) is 2.04. The third kappa shape index (κ3) is 2.59. The normalized spacial score (nSPS) is 12.1. The van der Waals surface area contributed by atoms with Crippen LogP contribution in [0.25, 0.3) is 10.8 Å². The quantitative estimate of drug-likeness (QED) is 0.602. The monoisotopic (exact) mass is 240 g/mol. The van der Waals surface area contributed by atoms with Gasteiger partial charge >= 0.3 is 5.97 Å². The summed E-state index contributed by atoms with van der Waals surface area (Å²) in [5, 5.41) is 2.42. The van der Waals surface area contributed by atoms with Crippen molar-refractivity contribution in [3.05, 3.63) is 60.7 Å². The second kappa shape index (κ2) is 5.50. The van der Waals surface area contributed by atoms with Gasteiger partial charge in [-0.3, -0.25) is 0 Å². The maximum atomic E-state index is 11.1. The summed E-state index contributed by atoms with van der Waals surface area (Å²) in [6.45, 7) is 5.81. The number of esters is 1. The molecule has 0 aliphatic heterocycles. The van der Waals surface area contributed by atoms with Crippen LogP contribution in [0, 0.1) is 0 Å². The van der Waals surface area contributed by atoms with E-state index in [-0.39, 0.29) is 11.9 Å². The van der Waals surface area contributed by atoms with Crippen molar-refractivity contribution in [2.24, 2.45) is 0 Å². The van der Waals surface area contributed by atoms with E-state index in [4.69, 9.17) is 4.74 Å². The molecule has 18 heavy (non-hydrogen) atoms. The Labute approximate surface area is 107 Å². The molecule has 0 saturated carbocycles. The first-order chi connectivity index (χ1) is 8.72. The van der Waals surface area contributed by atoms with Gasteiger partial charge in [-0.2, -0.15) is 0 Å². The molecule has 0 aromatic heterocycles. The average molecular weight is 240 g/mol. The Balaban J connectivity index is 2.24. The van der Waals surface area contributed by atoms with Gasteiger partial charge in [0.25, 0.3) is 0 Å². The lowest BCUT2D eigenvalue weighted by Crippen LogP contribution is -2.08. The van der Waals surface area contributed by atoms with Crippen molar-refractivity contribution < 1.29 is 9.53 Å². The number of carbonyl (C=O) groups is 1. The molecule has 1 unspecified atom stereocenters. The molecule has 0 aliphatic carbocycles. The fourth-order valence-electron chi connectivity index (χ4n) is 2.04. The van der Waals surface area contributed by atoms with Crippen LogP contribution in [0.1, 0.15) is 18.4 Å². The molecular weight excluding hydrogens is 224 g/mol. The topological polar surface area (TPSA) is 26.3 Å². The highest BCUT2D eigenvalue weighted by Gasteiger charge is 2.10. The summed E-state index contributed by atoms with van der Waals surface area (Å²) < 4.78 is 5.10. The molecular formula is C16H16O2. The minimum absolute atomic E-state index is 0.167. The van der Waals surface area contributed by atoms with E-state index in [1.807, 2.05) is 18.2 Å². The third-order valence-corrected chi connectivity index (χ3v) is 3.00. The molecule has 0 spiro atoms. The van der Waals surface area contributed by atoms with E-state index >= 15 is 0 Å². The minimum Gasteiger partial charge on any atom is -0.462 e. The van der Waals surface area contributed by atoms with Crippen LogP contribution in [-0.2, 0) is 9.53 Å². The van der Waals surface area contributed by atoms with Gasteiger partial charge in [0.2, 0.25) is 0 Å². The van der Waals surface area contributed by atoms with E-state index in [0.717, 1.165) is 0 Å². The zero-order valence-corrected chi connectivity index (χ0v) is 10.4. The largest absolute Gasteiger partial charge is 0.462 e. The third-order valence-electron chi connectivity index (χ3n) is 3.00. The van der Waals surface area contributed by atoms with E-state index in [0.29, 0.717) is 6.61 Å². The first-order valence-electron chi connectivity index (χ1n) is 5.99. The van der Waals surface area contributed by atoms with E-state index < -0.39 is 0 Å². The van der Waals surface area contributed by atoms with Gasteiger partial charge in [-0.05, 0) is 16.3 Å². The highest BCUT2D eigenvalue weighted by molar-refractivity contribution is 5.86. The Morgan fingerprint density at radius 1 is 1.28 bits per heavy atom. The minimum atomic E-state index is -0.373. The standard InChI is InChI=1S/C16H16O2/c1-3-16(17)18-11-12(2)14-10-6-8-13-7-4-5-9-15(13)14/h3-10,12H,1,11H2,2H3. The van der Waals surface area contributed by atoms with E-state index in [2.05, 4.69) is 37.8 Å². The molecule has 2 aromatic carbocycles. The van der Waals surface area contributed by atoms with Crippen molar-refractivity contribution in [2.45, 2.75) is 12.8 Å². The molecule has 0 aliphatic rings. The van der Waals surface area contributed by atoms with Gasteiger partial charge in [0.1, 0.15) is 0 Å². The van der Waals surface area contributed by atoms with Gasteiger partial charge in [0.15, 0.2) is 0 Å². The van der Waals surface area contributed by atoms with Crippen molar-refractivity contribution in [3.63, 3.8) is 0 Å². The molecule has 0 amide bonds. The van der Waals surface area contributed by atoms with Gasteiger partial charge in [-0.25, -0.2) is 4.79 Å². The van der Waals surface area contributed by atoms with Crippen LogP contribution in [-0.4, -0.2) is 12.6 Å². The second-order valence-corrected chi connectivity index (χ2v) is 4.30. The van der Waals surface area contributed by atoms with E-state index in [1.54, 1.807) is 0 Å². The first kappa shape index (κ1) is 12.4. The number of ether oxygens (including phenoxy) is 1. The Morgan fingerprint density at radius 2 is 2.00 bits per heavy atom. The molecule has 2 rings (SSSR count). The van der Waals surface area contributed by atoms with Crippen molar-refractivity contribution in [2.75, 3.05) is 6.61 Å². The Bertz CT molecular complexity index is 567. The molecule has 0 N–H and O–H groups in total. The number of hydrogen-bond acceptors (Lipinski definition) is 2. The van der Waals surface area contributed by atoms with Gasteiger partial charge in [-0.15, -0.1) is 0 Å². The second-order valence-electron chi connectivity index (χ2n) is 4.30. The highest BCUT2D eigenvalue weighted by Crippen LogP contribution is 2.25. The zero-order valence-electron chi connectivity index (χ0n) is 10.4. The molecule has 0 bridgehead atoms. The van der Waals surface area contributed by atoms with Gasteiger partial charge in [-0.1, -0.05) is 56.0 Å². The first-order valence-corrected chi connectivity index (χ1v) is 5.99. The molecule has 1 atom stereocenters. The number of benzene rings is 2. The zero-order chi connectivity index (χ0) is 13.0. The summed E-state index contributed by atoms with van der Waals surface area (Å²) >= 11 is 0. The van der Waals surface area contributed by atoms with Crippen molar-refractivity contribution >= 4 is 16.7 Å². The van der Waals surface area contributed by atoms with Crippen LogP contribution in [0.4, 0.5) is 0 Å². The van der Waals surface area contributed by atoms with Crippen molar-refractivity contribution in [1.82, 2.24) is 0 Å². The van der Waals surface area contributed by atoms with Crippen LogP contribution >= 0.6 is 0 Å². The van der Waals surface area contributed by atoms with Gasteiger partial charge < -0.3 is 4.74 Å². The smallest absolute Gasteiger partial charge is 0.330 e. The van der Waals surface area contributed by atoms with Crippen LogP contribution < -0.4 is 0 Å². The number of fused-ring (bicyclic) bond motifs is 1. The van der Waals surface area contributed by atoms with Crippen LogP contribution in [0.5, 0.6) is 0 Å². The Morgan fingerprint density at radius 3 is 2.78 bits per heavy atom.